The lowest BCUT2D eigenvalue weighted by atomic mass is 10.0. The van der Waals surface area contributed by atoms with Gasteiger partial charge in [-0.15, -0.1) is 0 Å². The van der Waals surface area contributed by atoms with Crippen LogP contribution in [0.1, 0.15) is 26.5 Å². The number of nitrogens with two attached hydrogens (primary N) is 1. The van der Waals surface area contributed by atoms with Crippen LogP contribution in [-0.4, -0.2) is 22.6 Å². The molecule has 1 unspecified atom stereocenters. The molecular formula is C11H19FN4. The highest BCUT2D eigenvalue weighted by molar-refractivity contribution is 5.38. The molecule has 1 aromatic rings. The lowest BCUT2D eigenvalue weighted by Gasteiger charge is -2.21. The van der Waals surface area contributed by atoms with Crippen molar-refractivity contribution in [1.82, 2.24) is 9.97 Å². The molecule has 0 saturated carbocycles. The second-order valence-electron chi connectivity index (χ2n) is 4.07. The van der Waals surface area contributed by atoms with Crippen molar-refractivity contribution >= 4 is 5.82 Å². The summed E-state index contributed by atoms with van der Waals surface area (Å²) < 4.78 is 13.8. The van der Waals surface area contributed by atoms with E-state index in [1.807, 2.05) is 20.8 Å². The summed E-state index contributed by atoms with van der Waals surface area (Å²) >= 11 is 0. The fourth-order valence-electron chi connectivity index (χ4n) is 1.43. The first kappa shape index (κ1) is 12.8. The molecule has 90 valence electrons. The summed E-state index contributed by atoms with van der Waals surface area (Å²) in [5.74, 6) is 0.199. The van der Waals surface area contributed by atoms with Crippen molar-refractivity contribution < 1.29 is 4.39 Å². The number of nitrogens with zero attached hydrogens (tertiary/aromatic N) is 2. The van der Waals surface area contributed by atoms with Crippen LogP contribution in [0.2, 0.25) is 0 Å². The summed E-state index contributed by atoms with van der Waals surface area (Å²) in [6.45, 7) is 6.37. The largest absolute Gasteiger partial charge is 0.363 e. The van der Waals surface area contributed by atoms with Gasteiger partial charge in [0, 0.05) is 12.6 Å². The Morgan fingerprint density at radius 2 is 2.12 bits per heavy atom. The minimum atomic E-state index is -0.371. The van der Waals surface area contributed by atoms with Crippen molar-refractivity contribution in [2.24, 2.45) is 11.7 Å². The molecule has 3 N–H and O–H groups in total. The smallest absolute Gasteiger partial charge is 0.186 e. The average molecular weight is 226 g/mol. The molecule has 0 aliphatic carbocycles. The van der Waals surface area contributed by atoms with Crippen LogP contribution in [-0.2, 0) is 6.42 Å². The Hall–Kier alpha value is -1.23. The summed E-state index contributed by atoms with van der Waals surface area (Å²) in [5, 5.41) is 3.02. The number of anilines is 1. The second kappa shape index (κ2) is 5.75. The van der Waals surface area contributed by atoms with Crippen molar-refractivity contribution in [2.45, 2.75) is 33.2 Å². The quantitative estimate of drug-likeness (QED) is 0.800. The van der Waals surface area contributed by atoms with Gasteiger partial charge in [-0.1, -0.05) is 20.8 Å². The maximum Gasteiger partial charge on any atom is 0.186 e. The molecule has 5 heteroatoms. The molecule has 1 rings (SSSR count). The summed E-state index contributed by atoms with van der Waals surface area (Å²) in [7, 11) is 0. The molecule has 0 aliphatic rings. The van der Waals surface area contributed by atoms with E-state index in [0.29, 0.717) is 24.6 Å². The van der Waals surface area contributed by atoms with Crippen LogP contribution < -0.4 is 11.1 Å². The third kappa shape index (κ3) is 2.88. The van der Waals surface area contributed by atoms with Crippen LogP contribution in [0, 0.1) is 11.7 Å². The van der Waals surface area contributed by atoms with E-state index < -0.39 is 0 Å². The Balaban J connectivity index is 2.88. The fourth-order valence-corrected chi connectivity index (χ4v) is 1.43. The van der Waals surface area contributed by atoms with Gasteiger partial charge in [-0.3, -0.25) is 0 Å². The van der Waals surface area contributed by atoms with Gasteiger partial charge in [-0.2, -0.15) is 0 Å². The third-order valence-electron chi connectivity index (χ3n) is 2.58. The van der Waals surface area contributed by atoms with Crippen LogP contribution in [0.15, 0.2) is 6.33 Å². The summed E-state index contributed by atoms with van der Waals surface area (Å²) in [6.07, 6.45) is 1.93. The predicted molar refractivity (Wildman–Crippen MR) is 62.7 cm³/mol. The van der Waals surface area contributed by atoms with Crippen molar-refractivity contribution in [3.63, 3.8) is 0 Å². The molecule has 1 aromatic heterocycles. The lowest BCUT2D eigenvalue weighted by Crippen LogP contribution is -2.34. The van der Waals surface area contributed by atoms with Crippen LogP contribution in [0.5, 0.6) is 0 Å². The summed E-state index contributed by atoms with van der Waals surface area (Å²) in [6, 6.07) is 0.0223. The Bertz CT molecular complexity index is 341. The van der Waals surface area contributed by atoms with Gasteiger partial charge in [0.15, 0.2) is 11.6 Å². The first-order valence-electron chi connectivity index (χ1n) is 5.56. The number of aromatic nitrogens is 2. The summed E-state index contributed by atoms with van der Waals surface area (Å²) in [5.41, 5.74) is 6.04. The first-order chi connectivity index (χ1) is 7.60. The third-order valence-corrected chi connectivity index (χ3v) is 2.58. The monoisotopic (exact) mass is 226 g/mol. The van der Waals surface area contributed by atoms with Crippen molar-refractivity contribution in [2.75, 3.05) is 11.9 Å². The maximum absolute atomic E-state index is 13.8. The van der Waals surface area contributed by atoms with Gasteiger partial charge in [-0.05, 0) is 12.3 Å². The molecule has 0 amide bonds. The van der Waals surface area contributed by atoms with E-state index in [0.717, 1.165) is 0 Å². The highest BCUT2D eigenvalue weighted by atomic mass is 19.1. The topological polar surface area (TPSA) is 63.8 Å². The van der Waals surface area contributed by atoms with Crippen LogP contribution in [0.25, 0.3) is 0 Å². The normalized spacial score (nSPS) is 12.9. The molecule has 0 bridgehead atoms. The van der Waals surface area contributed by atoms with Crippen molar-refractivity contribution in [1.29, 1.82) is 0 Å². The molecule has 1 heterocycles. The van der Waals surface area contributed by atoms with E-state index in [9.17, 15) is 4.39 Å². The van der Waals surface area contributed by atoms with E-state index in [1.54, 1.807) is 0 Å². The number of hydrogen-bond donors (Lipinski definition) is 2. The fraction of sp³-hybridized carbons (Fsp3) is 0.636. The number of nitrogens with one attached hydrogen (secondary N) is 1. The van der Waals surface area contributed by atoms with Crippen LogP contribution in [0.4, 0.5) is 10.2 Å². The molecule has 1 atom stereocenters. The number of hydrogen-bond acceptors (Lipinski definition) is 4. The number of aryl methyl sites for hydroxylation is 1. The van der Waals surface area contributed by atoms with Crippen LogP contribution in [0.3, 0.4) is 0 Å². The SMILES string of the molecule is CCc1ncnc(NC(CN)C(C)C)c1F. The Kier molecular flexibility index (Phi) is 4.61. The Labute approximate surface area is 95.5 Å². The molecule has 0 saturated heterocycles. The zero-order valence-electron chi connectivity index (χ0n) is 10.00. The zero-order chi connectivity index (χ0) is 12.1. The lowest BCUT2D eigenvalue weighted by molar-refractivity contribution is 0.520. The highest BCUT2D eigenvalue weighted by Crippen LogP contribution is 2.16. The zero-order valence-corrected chi connectivity index (χ0v) is 10.00. The second-order valence-corrected chi connectivity index (χ2v) is 4.07. The maximum atomic E-state index is 13.8. The molecule has 0 fully saturated rings. The van der Waals surface area contributed by atoms with Gasteiger partial charge in [0.25, 0.3) is 0 Å². The van der Waals surface area contributed by atoms with E-state index >= 15 is 0 Å². The van der Waals surface area contributed by atoms with Gasteiger partial charge in [0.1, 0.15) is 6.33 Å². The first-order valence-corrected chi connectivity index (χ1v) is 5.56. The Morgan fingerprint density at radius 3 is 2.62 bits per heavy atom. The van der Waals surface area contributed by atoms with Gasteiger partial charge < -0.3 is 11.1 Å². The van der Waals surface area contributed by atoms with E-state index in [1.165, 1.54) is 6.33 Å². The van der Waals surface area contributed by atoms with Gasteiger partial charge in [0.05, 0.1) is 5.69 Å². The minimum absolute atomic E-state index is 0.0223. The van der Waals surface area contributed by atoms with E-state index in [2.05, 4.69) is 15.3 Å². The van der Waals surface area contributed by atoms with Crippen molar-refractivity contribution in [3.8, 4) is 0 Å². The van der Waals surface area contributed by atoms with Crippen molar-refractivity contribution in [3.05, 3.63) is 17.8 Å². The molecular weight excluding hydrogens is 207 g/mol. The Morgan fingerprint density at radius 1 is 1.44 bits per heavy atom. The molecule has 0 spiro atoms. The van der Waals surface area contributed by atoms with Crippen LogP contribution >= 0.6 is 0 Å². The van der Waals surface area contributed by atoms with Gasteiger partial charge >= 0.3 is 0 Å². The number of rotatable bonds is 5. The molecule has 4 nitrogen and oxygen atoms in total. The number of halogens is 1. The van der Waals surface area contributed by atoms with Gasteiger partial charge in [-0.25, -0.2) is 14.4 Å². The molecule has 0 aliphatic heterocycles. The molecule has 16 heavy (non-hydrogen) atoms. The standard InChI is InChI=1S/C11H19FN4/c1-4-8-10(12)11(15-6-14-8)16-9(5-13)7(2)3/h6-7,9H,4-5,13H2,1-3H3,(H,14,15,16). The molecule has 0 radical (unpaired) electrons. The minimum Gasteiger partial charge on any atom is -0.363 e. The van der Waals surface area contributed by atoms with E-state index in [-0.39, 0.29) is 17.7 Å². The average Bonchev–Trinajstić information content (AvgIpc) is 2.27. The predicted octanol–water partition coefficient (Wildman–Crippen LogP) is 1.57. The van der Waals surface area contributed by atoms with E-state index in [4.69, 9.17) is 5.73 Å². The highest BCUT2D eigenvalue weighted by Gasteiger charge is 2.16. The van der Waals surface area contributed by atoms with Gasteiger partial charge in [0.2, 0.25) is 0 Å². The summed E-state index contributed by atoms with van der Waals surface area (Å²) in [4.78, 5) is 7.78. The molecule has 0 aromatic carbocycles.